The summed E-state index contributed by atoms with van der Waals surface area (Å²) in [5.41, 5.74) is 3.61. The molecule has 0 saturated heterocycles. The molecule has 7 nitrogen and oxygen atoms in total. The lowest BCUT2D eigenvalue weighted by atomic mass is 10.1. The van der Waals surface area contributed by atoms with E-state index in [1.807, 2.05) is 35.6 Å². The van der Waals surface area contributed by atoms with Crippen molar-refractivity contribution in [2.24, 2.45) is 0 Å². The Hall–Kier alpha value is -3.26. The highest BCUT2D eigenvalue weighted by Gasteiger charge is 2.21. The number of nitrogens with zero attached hydrogens (tertiary/aromatic N) is 3. The third-order valence-electron chi connectivity index (χ3n) is 4.87. The lowest BCUT2D eigenvalue weighted by molar-refractivity contribution is -0.115. The maximum atomic E-state index is 12.7. The molecule has 8 heteroatoms. The summed E-state index contributed by atoms with van der Waals surface area (Å²) >= 11 is 1.37. The molecule has 0 saturated carbocycles. The number of ether oxygens (including phenoxy) is 2. The average molecular weight is 406 g/mol. The molecule has 1 aliphatic rings. The second-order valence-electron chi connectivity index (χ2n) is 6.84. The van der Waals surface area contributed by atoms with Gasteiger partial charge in [0, 0.05) is 17.1 Å². The fourth-order valence-corrected chi connectivity index (χ4v) is 4.25. The van der Waals surface area contributed by atoms with Crippen LogP contribution in [0, 0.1) is 6.92 Å². The molecule has 1 amide bonds. The van der Waals surface area contributed by atoms with E-state index in [1.165, 1.54) is 11.8 Å². The molecular formula is C21H18N4O3S. The Bertz CT molecular complexity index is 1250. The average Bonchev–Trinajstić information content (AvgIpc) is 3.35. The van der Waals surface area contributed by atoms with Crippen molar-refractivity contribution in [2.45, 2.75) is 24.3 Å². The molecule has 146 valence electrons. The van der Waals surface area contributed by atoms with Crippen molar-refractivity contribution in [1.29, 1.82) is 0 Å². The Labute approximate surface area is 171 Å². The maximum Gasteiger partial charge on any atom is 0.237 e. The molecule has 1 N–H and O–H groups in total. The van der Waals surface area contributed by atoms with E-state index in [-0.39, 0.29) is 18.0 Å². The van der Waals surface area contributed by atoms with Crippen molar-refractivity contribution < 1.29 is 14.3 Å². The van der Waals surface area contributed by atoms with Crippen LogP contribution in [-0.4, -0.2) is 32.5 Å². The van der Waals surface area contributed by atoms with Crippen LogP contribution in [0.1, 0.15) is 12.5 Å². The Kier molecular flexibility index (Phi) is 4.28. The highest BCUT2D eigenvalue weighted by molar-refractivity contribution is 8.00. The number of aromatic nitrogens is 3. The van der Waals surface area contributed by atoms with Crippen LogP contribution in [-0.2, 0) is 4.79 Å². The van der Waals surface area contributed by atoms with Crippen molar-refractivity contribution in [3.63, 3.8) is 0 Å². The number of aryl methyl sites for hydroxylation is 1. The molecule has 0 radical (unpaired) electrons. The first kappa shape index (κ1) is 17.8. The van der Waals surface area contributed by atoms with Crippen molar-refractivity contribution >= 4 is 39.9 Å². The topological polar surface area (TPSA) is 77.8 Å². The van der Waals surface area contributed by atoms with Crippen LogP contribution >= 0.6 is 11.8 Å². The fourth-order valence-electron chi connectivity index (χ4n) is 3.38. The highest BCUT2D eigenvalue weighted by atomic mass is 32.2. The predicted octanol–water partition coefficient (Wildman–Crippen LogP) is 4.04. The van der Waals surface area contributed by atoms with Gasteiger partial charge in [0.2, 0.25) is 12.7 Å². The zero-order valence-corrected chi connectivity index (χ0v) is 16.7. The summed E-state index contributed by atoms with van der Waals surface area (Å²) in [6, 6.07) is 15.5. The van der Waals surface area contributed by atoms with E-state index >= 15 is 0 Å². The minimum atomic E-state index is -0.368. The first-order valence-corrected chi connectivity index (χ1v) is 10.1. The van der Waals surface area contributed by atoms with E-state index in [1.54, 1.807) is 18.2 Å². The zero-order chi connectivity index (χ0) is 20.0. The second kappa shape index (κ2) is 6.97. The molecule has 0 bridgehead atoms. The van der Waals surface area contributed by atoms with Gasteiger partial charge in [-0.05, 0) is 43.7 Å². The van der Waals surface area contributed by atoms with Gasteiger partial charge in [0.1, 0.15) is 0 Å². The van der Waals surface area contributed by atoms with Gasteiger partial charge in [-0.15, -0.1) is 10.2 Å². The Morgan fingerprint density at radius 2 is 1.97 bits per heavy atom. The molecular weight excluding hydrogens is 388 g/mol. The van der Waals surface area contributed by atoms with Gasteiger partial charge in [0.15, 0.2) is 22.3 Å². The smallest absolute Gasteiger partial charge is 0.237 e. The number of thioether (sulfide) groups is 1. The van der Waals surface area contributed by atoms with Crippen LogP contribution in [0.25, 0.3) is 16.6 Å². The van der Waals surface area contributed by atoms with Crippen LogP contribution in [0.2, 0.25) is 0 Å². The van der Waals surface area contributed by atoms with Crippen LogP contribution in [0.15, 0.2) is 53.7 Å². The van der Waals surface area contributed by atoms with E-state index < -0.39 is 0 Å². The summed E-state index contributed by atoms with van der Waals surface area (Å²) in [4.78, 5) is 12.7. The third-order valence-corrected chi connectivity index (χ3v) is 5.91. The first-order chi connectivity index (χ1) is 14.1. The van der Waals surface area contributed by atoms with Crippen LogP contribution < -0.4 is 14.8 Å². The van der Waals surface area contributed by atoms with Gasteiger partial charge >= 0.3 is 0 Å². The predicted molar refractivity (Wildman–Crippen MR) is 112 cm³/mol. The number of anilines is 1. The van der Waals surface area contributed by atoms with Crippen molar-refractivity contribution in [2.75, 3.05) is 12.1 Å². The number of rotatable bonds is 4. The van der Waals surface area contributed by atoms with Crippen LogP contribution in [0.5, 0.6) is 11.5 Å². The minimum absolute atomic E-state index is 0.123. The molecule has 1 aliphatic heterocycles. The Morgan fingerprint density at radius 1 is 1.14 bits per heavy atom. The molecule has 2 aromatic carbocycles. The van der Waals surface area contributed by atoms with Crippen molar-refractivity contribution in [3.8, 4) is 11.5 Å². The lowest BCUT2D eigenvalue weighted by Crippen LogP contribution is -2.22. The van der Waals surface area contributed by atoms with Gasteiger partial charge in [-0.3, -0.25) is 9.20 Å². The number of amides is 1. The SMILES string of the molecule is Cc1cc2nnc(S[C@@H](C)C(=O)Nc3ccc4c(c3)OCO4)n2c2ccccc12. The summed E-state index contributed by atoms with van der Waals surface area (Å²) in [5, 5.41) is 13.0. The van der Waals surface area contributed by atoms with E-state index in [4.69, 9.17) is 9.47 Å². The quantitative estimate of drug-likeness (QED) is 0.516. The van der Waals surface area contributed by atoms with Gasteiger partial charge in [0.05, 0.1) is 10.8 Å². The normalized spacial score (nSPS) is 13.7. The van der Waals surface area contributed by atoms with E-state index in [0.717, 1.165) is 22.1 Å². The maximum absolute atomic E-state index is 12.7. The Morgan fingerprint density at radius 3 is 2.86 bits per heavy atom. The zero-order valence-electron chi connectivity index (χ0n) is 15.9. The number of pyridine rings is 1. The fraction of sp³-hybridized carbons (Fsp3) is 0.190. The molecule has 0 spiro atoms. The number of carbonyl (C=O) groups is 1. The van der Waals surface area contributed by atoms with E-state index in [9.17, 15) is 4.79 Å². The summed E-state index contributed by atoms with van der Waals surface area (Å²) in [6.07, 6.45) is 0. The van der Waals surface area contributed by atoms with Gasteiger partial charge < -0.3 is 14.8 Å². The number of hydrogen-bond acceptors (Lipinski definition) is 6. The summed E-state index contributed by atoms with van der Waals surface area (Å²) < 4.78 is 12.7. The lowest BCUT2D eigenvalue weighted by Gasteiger charge is -2.12. The van der Waals surface area contributed by atoms with Crippen LogP contribution in [0.4, 0.5) is 5.69 Å². The number of hydrogen-bond donors (Lipinski definition) is 1. The monoisotopic (exact) mass is 406 g/mol. The van der Waals surface area contributed by atoms with Gasteiger partial charge in [-0.1, -0.05) is 30.0 Å². The summed E-state index contributed by atoms with van der Waals surface area (Å²) in [5.74, 6) is 1.19. The van der Waals surface area contributed by atoms with Gasteiger partial charge in [-0.25, -0.2) is 0 Å². The number of para-hydroxylation sites is 1. The molecule has 0 aliphatic carbocycles. The van der Waals surface area contributed by atoms with Gasteiger partial charge in [-0.2, -0.15) is 0 Å². The van der Waals surface area contributed by atoms with Crippen molar-refractivity contribution in [3.05, 3.63) is 54.1 Å². The number of carbonyl (C=O) groups excluding carboxylic acids is 1. The first-order valence-electron chi connectivity index (χ1n) is 9.21. The number of benzene rings is 2. The van der Waals surface area contributed by atoms with Crippen molar-refractivity contribution in [1.82, 2.24) is 14.6 Å². The van der Waals surface area contributed by atoms with E-state index in [2.05, 4.69) is 28.5 Å². The standard InChI is InChI=1S/C21H18N4O3S/c1-12-9-19-23-24-21(25(19)16-6-4-3-5-15(12)16)29-13(2)20(26)22-14-7-8-17-18(10-14)28-11-27-17/h3-10,13H,11H2,1-2H3,(H,22,26)/t13-/m0/s1. The third kappa shape index (κ3) is 3.15. The minimum Gasteiger partial charge on any atom is -0.454 e. The summed E-state index contributed by atoms with van der Waals surface area (Å²) in [7, 11) is 0. The molecule has 0 fully saturated rings. The highest BCUT2D eigenvalue weighted by Crippen LogP contribution is 2.34. The second-order valence-corrected chi connectivity index (χ2v) is 8.15. The molecule has 29 heavy (non-hydrogen) atoms. The number of fused-ring (bicyclic) bond motifs is 4. The number of nitrogens with one attached hydrogen (secondary N) is 1. The molecule has 4 aromatic rings. The molecule has 3 heterocycles. The molecule has 5 rings (SSSR count). The van der Waals surface area contributed by atoms with Crippen LogP contribution in [0.3, 0.4) is 0 Å². The Balaban J connectivity index is 1.40. The largest absolute Gasteiger partial charge is 0.454 e. The van der Waals surface area contributed by atoms with E-state index in [0.29, 0.717) is 22.3 Å². The summed E-state index contributed by atoms with van der Waals surface area (Å²) in [6.45, 7) is 4.11. The molecule has 2 aromatic heterocycles. The molecule has 0 unspecified atom stereocenters. The van der Waals surface area contributed by atoms with Gasteiger partial charge in [0.25, 0.3) is 0 Å². The molecule has 1 atom stereocenters.